The Morgan fingerprint density at radius 1 is 1.03 bits per heavy atom. The van der Waals surface area contributed by atoms with Gasteiger partial charge in [-0.3, -0.25) is 9.11 Å². The molecule has 12 nitrogen and oxygen atoms in total. The van der Waals surface area contributed by atoms with E-state index >= 15 is 0 Å². The van der Waals surface area contributed by atoms with E-state index in [1.165, 1.54) is 43.3 Å². The molecule has 0 aliphatic heterocycles. The van der Waals surface area contributed by atoms with Gasteiger partial charge in [-0.05, 0) is 49.8 Å². The molecule has 0 aliphatic rings. The van der Waals surface area contributed by atoms with Crippen LogP contribution in [-0.4, -0.2) is 37.6 Å². The van der Waals surface area contributed by atoms with Crippen molar-refractivity contribution < 1.29 is 31.0 Å². The smallest absolute Gasteiger partial charge is 0.296 e. The van der Waals surface area contributed by atoms with E-state index in [1.54, 1.807) is 6.92 Å². The second-order valence-electron chi connectivity index (χ2n) is 6.52. The van der Waals surface area contributed by atoms with Crippen LogP contribution in [0.1, 0.15) is 12.5 Å². The Morgan fingerprint density at radius 2 is 1.70 bits per heavy atom. The lowest BCUT2D eigenvalue weighted by molar-refractivity contribution is 0.477. The maximum atomic E-state index is 11.8. The van der Waals surface area contributed by atoms with Crippen LogP contribution in [0.15, 0.2) is 78.8 Å². The van der Waals surface area contributed by atoms with E-state index in [0.717, 1.165) is 12.1 Å². The van der Waals surface area contributed by atoms with Gasteiger partial charge in [-0.15, -0.1) is 5.11 Å². The third kappa shape index (κ3) is 7.28. The minimum absolute atomic E-state index is 0.0670. The van der Waals surface area contributed by atoms with Gasteiger partial charge in [-0.1, -0.05) is 12.2 Å². The standard InChI is InChI=1S/C19H21N5O7S2/c1-3-14(32(26,27)28)5-4-8-21-22-13-6-7-16(19(10-13)33(29,30)31)23-24-17-11-18(25)15(20)9-12(17)2/h3-7,9-11,25H,8,20H2,1-2H3,(H,26,27,28)(H,29,30,31)/b5-4-,14-3+,22-21?,24-23?. The molecular formula is C19H21N5O7S2. The molecule has 5 N–H and O–H groups in total. The lowest BCUT2D eigenvalue weighted by Gasteiger charge is -2.05. The maximum absolute atomic E-state index is 11.8. The number of hydrogen-bond acceptors (Lipinski definition) is 10. The van der Waals surface area contributed by atoms with Gasteiger partial charge in [-0.2, -0.15) is 32.2 Å². The first-order valence-electron chi connectivity index (χ1n) is 9.13. The van der Waals surface area contributed by atoms with Crippen molar-refractivity contribution in [3.05, 3.63) is 59.0 Å². The van der Waals surface area contributed by atoms with E-state index in [4.69, 9.17) is 10.3 Å². The molecule has 0 fully saturated rings. The largest absolute Gasteiger partial charge is 0.506 e. The number of anilines is 1. The molecule has 0 atom stereocenters. The quantitative estimate of drug-likeness (QED) is 0.136. The Bertz CT molecular complexity index is 1380. The minimum atomic E-state index is -4.69. The number of rotatable bonds is 8. The zero-order chi connectivity index (χ0) is 24.8. The zero-order valence-electron chi connectivity index (χ0n) is 17.5. The molecule has 2 rings (SSSR count). The predicted molar refractivity (Wildman–Crippen MR) is 122 cm³/mol. The Balaban J connectivity index is 2.28. The van der Waals surface area contributed by atoms with Crippen LogP contribution in [0.3, 0.4) is 0 Å². The summed E-state index contributed by atoms with van der Waals surface area (Å²) < 4.78 is 64.3. The van der Waals surface area contributed by atoms with Gasteiger partial charge in [0.25, 0.3) is 20.2 Å². The number of aryl methyl sites for hydroxylation is 1. The van der Waals surface area contributed by atoms with E-state index in [0.29, 0.717) is 5.56 Å². The van der Waals surface area contributed by atoms with Crippen molar-refractivity contribution in [3.63, 3.8) is 0 Å². The van der Waals surface area contributed by atoms with E-state index in [-0.39, 0.29) is 39.9 Å². The van der Waals surface area contributed by atoms with Crippen LogP contribution in [0.25, 0.3) is 0 Å². The zero-order valence-corrected chi connectivity index (χ0v) is 19.1. The lowest BCUT2D eigenvalue weighted by atomic mass is 10.2. The molecule has 176 valence electrons. The van der Waals surface area contributed by atoms with Crippen molar-refractivity contribution in [2.45, 2.75) is 18.7 Å². The molecule has 0 spiro atoms. The molecular weight excluding hydrogens is 474 g/mol. The molecule has 0 unspecified atom stereocenters. The fraction of sp³-hybridized carbons (Fsp3) is 0.158. The normalized spacial score (nSPS) is 13.5. The van der Waals surface area contributed by atoms with Crippen LogP contribution in [0.2, 0.25) is 0 Å². The van der Waals surface area contributed by atoms with Gasteiger partial charge >= 0.3 is 0 Å². The molecule has 0 aliphatic carbocycles. The van der Waals surface area contributed by atoms with Crippen molar-refractivity contribution in [1.82, 2.24) is 0 Å². The summed E-state index contributed by atoms with van der Waals surface area (Å²) in [6, 6.07) is 6.39. The molecule has 0 heterocycles. The Labute approximate surface area is 190 Å². The first kappa shape index (κ1) is 25.8. The second-order valence-corrected chi connectivity index (χ2v) is 9.33. The van der Waals surface area contributed by atoms with E-state index in [1.807, 2.05) is 0 Å². The summed E-state index contributed by atoms with van der Waals surface area (Å²) in [4.78, 5) is -0.885. The third-order valence-electron chi connectivity index (χ3n) is 4.07. The van der Waals surface area contributed by atoms with Crippen molar-refractivity contribution in [3.8, 4) is 5.75 Å². The highest BCUT2D eigenvalue weighted by atomic mass is 32.2. The van der Waals surface area contributed by atoms with Crippen molar-refractivity contribution in [1.29, 1.82) is 0 Å². The Hall–Kier alpha value is -3.46. The number of nitrogens with zero attached hydrogens (tertiary/aromatic N) is 4. The van der Waals surface area contributed by atoms with Gasteiger partial charge in [-0.25, -0.2) is 0 Å². The fourth-order valence-electron chi connectivity index (χ4n) is 2.45. The van der Waals surface area contributed by atoms with Crippen molar-refractivity contribution >= 4 is 43.0 Å². The number of aromatic hydroxyl groups is 1. The molecule has 0 saturated carbocycles. The van der Waals surface area contributed by atoms with Crippen LogP contribution in [0, 0.1) is 6.92 Å². The highest BCUT2D eigenvalue weighted by Crippen LogP contribution is 2.33. The monoisotopic (exact) mass is 495 g/mol. The van der Waals surface area contributed by atoms with Gasteiger partial charge in [0.1, 0.15) is 16.3 Å². The van der Waals surface area contributed by atoms with Crippen molar-refractivity contribution in [2.24, 2.45) is 20.5 Å². The van der Waals surface area contributed by atoms with Crippen LogP contribution >= 0.6 is 0 Å². The number of allylic oxidation sites excluding steroid dienone is 2. The molecule has 2 aromatic rings. The second kappa shape index (κ2) is 10.4. The molecule has 0 amide bonds. The highest BCUT2D eigenvalue weighted by molar-refractivity contribution is 7.90. The summed E-state index contributed by atoms with van der Waals surface area (Å²) in [6.07, 6.45) is 3.66. The topological polar surface area (TPSA) is 204 Å². The summed E-state index contributed by atoms with van der Waals surface area (Å²) in [5.74, 6) is -0.215. The fourth-order valence-corrected chi connectivity index (χ4v) is 3.66. The number of nitrogen functional groups attached to an aromatic ring is 1. The summed E-state index contributed by atoms with van der Waals surface area (Å²) in [5.41, 5.74) is 6.45. The molecule has 0 bridgehead atoms. The first-order chi connectivity index (χ1) is 15.3. The van der Waals surface area contributed by atoms with E-state index in [2.05, 4.69) is 20.5 Å². The van der Waals surface area contributed by atoms with Gasteiger partial charge in [0.2, 0.25) is 0 Å². The summed E-state index contributed by atoms with van der Waals surface area (Å²) in [6.45, 7) is 3.03. The van der Waals surface area contributed by atoms with Gasteiger partial charge in [0.05, 0.1) is 28.5 Å². The minimum Gasteiger partial charge on any atom is -0.506 e. The van der Waals surface area contributed by atoms with Gasteiger partial charge in [0.15, 0.2) is 0 Å². The third-order valence-corrected chi connectivity index (χ3v) is 5.92. The average molecular weight is 496 g/mol. The van der Waals surface area contributed by atoms with Gasteiger partial charge < -0.3 is 10.8 Å². The number of benzene rings is 2. The van der Waals surface area contributed by atoms with Crippen LogP contribution in [0.5, 0.6) is 5.75 Å². The number of phenolic OH excluding ortho intramolecular Hbond substituents is 1. The van der Waals surface area contributed by atoms with Crippen LogP contribution in [-0.2, 0) is 20.2 Å². The SMILES string of the molecule is C/C=C(\C=C/CN=Nc1ccc(N=Nc2cc(O)c(N)cc2C)c(S(=O)(=O)O)c1)S(=O)(=O)O. The Kier molecular flexibility index (Phi) is 8.16. The van der Waals surface area contributed by atoms with E-state index in [9.17, 15) is 26.5 Å². The predicted octanol–water partition coefficient (Wildman–Crippen LogP) is 4.38. The van der Waals surface area contributed by atoms with Crippen LogP contribution in [0.4, 0.5) is 22.7 Å². The number of hydrogen-bond donors (Lipinski definition) is 4. The van der Waals surface area contributed by atoms with E-state index < -0.39 is 25.1 Å². The maximum Gasteiger partial charge on any atom is 0.296 e. The summed E-state index contributed by atoms with van der Waals surface area (Å²) in [5, 5.41) is 25.0. The molecule has 0 radical (unpaired) electrons. The summed E-state index contributed by atoms with van der Waals surface area (Å²) >= 11 is 0. The van der Waals surface area contributed by atoms with Crippen LogP contribution < -0.4 is 5.73 Å². The molecule has 33 heavy (non-hydrogen) atoms. The average Bonchev–Trinajstić information content (AvgIpc) is 2.71. The first-order valence-corrected chi connectivity index (χ1v) is 12.0. The molecule has 14 heteroatoms. The molecule has 2 aromatic carbocycles. The number of azo groups is 2. The Morgan fingerprint density at radius 3 is 2.30 bits per heavy atom. The summed E-state index contributed by atoms with van der Waals surface area (Å²) in [7, 11) is -9.04. The lowest BCUT2D eigenvalue weighted by Crippen LogP contribution is -1.98. The molecule has 0 aromatic heterocycles. The molecule has 0 saturated heterocycles. The van der Waals surface area contributed by atoms with Gasteiger partial charge in [0, 0.05) is 6.07 Å². The highest BCUT2D eigenvalue weighted by Gasteiger charge is 2.17. The van der Waals surface area contributed by atoms with Crippen molar-refractivity contribution in [2.75, 3.05) is 12.3 Å². The number of nitrogens with two attached hydrogens (primary N) is 1. The number of phenols is 1.